The predicted octanol–water partition coefficient (Wildman–Crippen LogP) is 4.23. The molecule has 0 saturated heterocycles. The van der Waals surface area contributed by atoms with E-state index in [-0.39, 0.29) is 18.8 Å². The van der Waals surface area contributed by atoms with Crippen molar-refractivity contribution in [3.05, 3.63) is 29.8 Å². The zero-order chi connectivity index (χ0) is 21.6. The highest BCUT2D eigenvalue weighted by atomic mass is 16.5. The van der Waals surface area contributed by atoms with Gasteiger partial charge in [0.2, 0.25) is 0 Å². The summed E-state index contributed by atoms with van der Waals surface area (Å²) in [4.78, 5) is 32.9. The highest BCUT2D eigenvalue weighted by molar-refractivity contribution is 5.77. The molecule has 0 saturated carbocycles. The third kappa shape index (κ3) is 11.1. The standard InChI is InChI=1S/C22H32O7/c1-2-29-19-12-9-17(10-13-19)14-16(6-4-3-5-7-20(23)24)8-11-18(22(27)28)15-21(25)26/h9-10,12-13,16,18H,2-8,11,14-15H2,1H3,(H,23,24)(H,25,26)(H,27,28). The third-order valence-electron chi connectivity index (χ3n) is 4.96. The summed E-state index contributed by atoms with van der Waals surface area (Å²) in [6, 6.07) is 7.81. The van der Waals surface area contributed by atoms with Gasteiger partial charge >= 0.3 is 17.9 Å². The molecule has 2 unspecified atom stereocenters. The van der Waals surface area contributed by atoms with Crippen molar-refractivity contribution in [3.8, 4) is 5.75 Å². The van der Waals surface area contributed by atoms with Gasteiger partial charge in [0.15, 0.2) is 0 Å². The number of ether oxygens (including phenoxy) is 1. The normalized spacial score (nSPS) is 12.9. The van der Waals surface area contributed by atoms with Crippen LogP contribution in [0.2, 0.25) is 0 Å². The largest absolute Gasteiger partial charge is 0.494 e. The number of carbonyl (C=O) groups is 3. The van der Waals surface area contributed by atoms with Crippen molar-refractivity contribution in [1.82, 2.24) is 0 Å². The highest BCUT2D eigenvalue weighted by Crippen LogP contribution is 2.25. The van der Waals surface area contributed by atoms with Gasteiger partial charge in [-0.25, -0.2) is 0 Å². The van der Waals surface area contributed by atoms with E-state index in [1.165, 1.54) is 0 Å². The van der Waals surface area contributed by atoms with Gasteiger partial charge in [-0.05, 0) is 56.2 Å². The number of hydrogen-bond donors (Lipinski definition) is 3. The zero-order valence-electron chi connectivity index (χ0n) is 17.0. The number of hydrogen-bond acceptors (Lipinski definition) is 4. The van der Waals surface area contributed by atoms with Crippen molar-refractivity contribution in [3.63, 3.8) is 0 Å². The van der Waals surface area contributed by atoms with Gasteiger partial charge in [-0.15, -0.1) is 0 Å². The molecule has 0 aliphatic rings. The van der Waals surface area contributed by atoms with Gasteiger partial charge in [0.05, 0.1) is 18.9 Å². The van der Waals surface area contributed by atoms with Crippen LogP contribution in [0, 0.1) is 11.8 Å². The van der Waals surface area contributed by atoms with Gasteiger partial charge in [-0.1, -0.05) is 31.4 Å². The van der Waals surface area contributed by atoms with Crippen molar-refractivity contribution in [2.24, 2.45) is 11.8 Å². The summed E-state index contributed by atoms with van der Waals surface area (Å²) in [5.74, 6) is -2.85. The molecule has 0 aliphatic carbocycles. The van der Waals surface area contributed by atoms with Crippen molar-refractivity contribution >= 4 is 17.9 Å². The quantitative estimate of drug-likeness (QED) is 0.350. The van der Waals surface area contributed by atoms with Gasteiger partial charge in [0, 0.05) is 6.42 Å². The van der Waals surface area contributed by atoms with E-state index in [4.69, 9.17) is 14.9 Å². The molecule has 0 bridgehead atoms. The minimum absolute atomic E-state index is 0.156. The third-order valence-corrected chi connectivity index (χ3v) is 4.96. The second kappa shape index (κ2) is 13.6. The average Bonchev–Trinajstić information content (AvgIpc) is 2.65. The molecule has 0 heterocycles. The summed E-state index contributed by atoms with van der Waals surface area (Å²) in [6.45, 7) is 2.52. The molecule has 0 amide bonds. The first-order chi connectivity index (χ1) is 13.8. The molecule has 29 heavy (non-hydrogen) atoms. The molecule has 0 fully saturated rings. The number of benzene rings is 1. The molecule has 1 aromatic rings. The SMILES string of the molecule is CCOc1ccc(CC(CCCCCC(=O)O)CCC(CC(=O)O)C(=O)O)cc1. The van der Waals surface area contributed by atoms with Crippen molar-refractivity contribution in [1.29, 1.82) is 0 Å². The van der Waals surface area contributed by atoms with E-state index in [9.17, 15) is 19.5 Å². The monoisotopic (exact) mass is 408 g/mol. The average molecular weight is 408 g/mol. The van der Waals surface area contributed by atoms with E-state index >= 15 is 0 Å². The fourth-order valence-electron chi connectivity index (χ4n) is 3.42. The number of carboxylic acids is 3. The molecule has 7 nitrogen and oxygen atoms in total. The van der Waals surface area contributed by atoms with Crippen molar-refractivity contribution < 1.29 is 34.4 Å². The first-order valence-corrected chi connectivity index (χ1v) is 10.2. The Hall–Kier alpha value is -2.57. The Morgan fingerprint density at radius 3 is 2.14 bits per heavy atom. The van der Waals surface area contributed by atoms with Crippen LogP contribution in [0.1, 0.15) is 63.9 Å². The summed E-state index contributed by atoms with van der Waals surface area (Å²) >= 11 is 0. The number of carboxylic acid groups (broad SMARTS) is 3. The minimum Gasteiger partial charge on any atom is -0.494 e. The van der Waals surface area contributed by atoms with Gasteiger partial charge in [0.25, 0.3) is 0 Å². The first kappa shape index (κ1) is 24.5. The van der Waals surface area contributed by atoms with E-state index in [2.05, 4.69) is 0 Å². The molecule has 7 heteroatoms. The maximum atomic E-state index is 11.3. The summed E-state index contributed by atoms with van der Waals surface area (Å²) in [6.07, 6.45) is 4.65. The second-order valence-electron chi connectivity index (χ2n) is 7.35. The van der Waals surface area contributed by atoms with Crippen LogP contribution in [0.5, 0.6) is 5.75 Å². The number of unbranched alkanes of at least 4 members (excludes halogenated alkanes) is 2. The van der Waals surface area contributed by atoms with Crippen molar-refractivity contribution in [2.75, 3.05) is 6.61 Å². The Balaban J connectivity index is 2.66. The van der Waals surface area contributed by atoms with Gasteiger partial charge < -0.3 is 20.1 Å². The molecular formula is C22H32O7. The minimum atomic E-state index is -1.10. The Morgan fingerprint density at radius 2 is 1.59 bits per heavy atom. The molecule has 0 aliphatic heterocycles. The van der Waals surface area contributed by atoms with Crippen LogP contribution in [0.15, 0.2) is 24.3 Å². The lowest BCUT2D eigenvalue weighted by atomic mass is 9.86. The maximum absolute atomic E-state index is 11.3. The van der Waals surface area contributed by atoms with E-state index in [1.807, 2.05) is 31.2 Å². The van der Waals surface area contributed by atoms with E-state index in [1.54, 1.807) is 0 Å². The topological polar surface area (TPSA) is 121 Å². The highest BCUT2D eigenvalue weighted by Gasteiger charge is 2.22. The van der Waals surface area contributed by atoms with Crippen LogP contribution in [0.4, 0.5) is 0 Å². The summed E-state index contributed by atoms with van der Waals surface area (Å²) in [5.41, 5.74) is 1.12. The van der Waals surface area contributed by atoms with Crippen LogP contribution < -0.4 is 4.74 Å². The Morgan fingerprint density at radius 1 is 0.897 bits per heavy atom. The summed E-state index contributed by atoms with van der Waals surface area (Å²) < 4.78 is 5.45. The Kier molecular flexibility index (Phi) is 11.5. The van der Waals surface area contributed by atoms with Gasteiger partial charge in [-0.2, -0.15) is 0 Å². The van der Waals surface area contributed by atoms with Crippen LogP contribution in [-0.2, 0) is 20.8 Å². The molecule has 2 atom stereocenters. The van der Waals surface area contributed by atoms with Crippen LogP contribution >= 0.6 is 0 Å². The smallest absolute Gasteiger partial charge is 0.307 e. The number of rotatable bonds is 16. The van der Waals surface area contributed by atoms with Crippen LogP contribution in [0.25, 0.3) is 0 Å². The lowest BCUT2D eigenvalue weighted by molar-refractivity contribution is -0.148. The summed E-state index contributed by atoms with van der Waals surface area (Å²) in [7, 11) is 0. The second-order valence-corrected chi connectivity index (χ2v) is 7.35. The van der Waals surface area contributed by atoms with Crippen LogP contribution in [0.3, 0.4) is 0 Å². The lowest BCUT2D eigenvalue weighted by Gasteiger charge is -2.19. The van der Waals surface area contributed by atoms with E-state index < -0.39 is 23.8 Å². The lowest BCUT2D eigenvalue weighted by Crippen LogP contribution is -2.19. The predicted molar refractivity (Wildman–Crippen MR) is 108 cm³/mol. The Bertz CT molecular complexity index is 639. The first-order valence-electron chi connectivity index (χ1n) is 10.2. The molecule has 162 valence electrons. The van der Waals surface area contributed by atoms with Gasteiger partial charge in [-0.3, -0.25) is 14.4 Å². The molecular weight excluding hydrogens is 376 g/mol. The van der Waals surface area contributed by atoms with E-state index in [0.29, 0.717) is 25.9 Å². The molecule has 3 N–H and O–H groups in total. The van der Waals surface area contributed by atoms with E-state index in [0.717, 1.165) is 37.0 Å². The maximum Gasteiger partial charge on any atom is 0.307 e. The van der Waals surface area contributed by atoms with Crippen molar-refractivity contribution in [2.45, 2.75) is 64.7 Å². The fourth-order valence-corrected chi connectivity index (χ4v) is 3.42. The molecule has 0 spiro atoms. The number of aliphatic carboxylic acids is 3. The van der Waals surface area contributed by atoms with Crippen LogP contribution in [-0.4, -0.2) is 39.8 Å². The summed E-state index contributed by atoms with van der Waals surface area (Å²) in [5, 5.41) is 26.9. The molecule has 0 aromatic heterocycles. The molecule has 0 radical (unpaired) electrons. The fraction of sp³-hybridized carbons (Fsp3) is 0.591. The molecule has 1 aromatic carbocycles. The molecule has 1 rings (SSSR count). The van der Waals surface area contributed by atoms with Gasteiger partial charge in [0.1, 0.15) is 5.75 Å². The zero-order valence-corrected chi connectivity index (χ0v) is 17.0. The Labute approximate surface area is 171 Å².